The van der Waals surface area contributed by atoms with E-state index in [1.54, 1.807) is 39.2 Å². The van der Waals surface area contributed by atoms with Crippen LogP contribution in [0, 0.1) is 17.8 Å². The van der Waals surface area contributed by atoms with Crippen molar-refractivity contribution in [2.24, 2.45) is 17.4 Å². The molecular weight excluding hydrogens is 518 g/mol. The molecule has 12 heteroatoms. The van der Waals surface area contributed by atoms with Crippen LogP contribution in [-0.4, -0.2) is 114 Å². The summed E-state index contributed by atoms with van der Waals surface area (Å²) in [4.78, 5) is 44.8. The third-order valence-corrected chi connectivity index (χ3v) is 7.94. The van der Waals surface area contributed by atoms with Gasteiger partial charge in [-0.05, 0) is 52.7 Å². The summed E-state index contributed by atoms with van der Waals surface area (Å²) in [6.45, 7) is 0.395. The van der Waals surface area contributed by atoms with E-state index in [1.807, 2.05) is 19.0 Å². The van der Waals surface area contributed by atoms with E-state index < -0.39 is 69.0 Å². The number of carbonyl (C=O) groups is 3. The van der Waals surface area contributed by atoms with E-state index in [1.165, 1.54) is 4.90 Å². The highest BCUT2D eigenvalue weighted by Crippen LogP contribution is 2.54. The lowest BCUT2D eigenvalue weighted by Crippen LogP contribution is -2.68. The maximum absolute atomic E-state index is 14.1. The van der Waals surface area contributed by atoms with Gasteiger partial charge in [-0.25, -0.2) is 0 Å². The lowest BCUT2D eigenvalue weighted by Gasteiger charge is -2.53. The van der Waals surface area contributed by atoms with Crippen molar-refractivity contribution in [3.8, 4) is 17.6 Å². The summed E-state index contributed by atoms with van der Waals surface area (Å²) < 4.78 is 0. The Morgan fingerprint density at radius 2 is 1.75 bits per heavy atom. The number of carbonyl (C=O) groups excluding carboxylic acids is 3. The monoisotopic (exact) mass is 553 g/mol. The zero-order valence-corrected chi connectivity index (χ0v) is 23.4. The van der Waals surface area contributed by atoms with Gasteiger partial charge in [-0.3, -0.25) is 24.2 Å². The molecule has 0 heterocycles. The summed E-state index contributed by atoms with van der Waals surface area (Å²) in [6, 6.07) is 0.517. The Bertz CT molecular complexity index is 1470. The van der Waals surface area contributed by atoms with Gasteiger partial charge in [0.25, 0.3) is 5.91 Å². The topological polar surface area (TPSA) is 194 Å². The molecule has 4 rings (SSSR count). The number of hydrogen-bond donors (Lipinski definition) is 6. The Kier molecular flexibility index (Phi) is 7.01. The number of anilines is 1. The second-order valence-electron chi connectivity index (χ2n) is 11.4. The molecule has 214 valence electrons. The molecule has 1 amide bonds. The van der Waals surface area contributed by atoms with Gasteiger partial charge >= 0.3 is 0 Å². The van der Waals surface area contributed by atoms with Gasteiger partial charge in [-0.15, -0.1) is 0 Å². The molecule has 1 aromatic carbocycles. The van der Waals surface area contributed by atoms with Gasteiger partial charge in [-0.2, -0.15) is 0 Å². The van der Waals surface area contributed by atoms with Gasteiger partial charge in [0.15, 0.2) is 11.4 Å². The molecule has 0 saturated carbocycles. The van der Waals surface area contributed by atoms with E-state index >= 15 is 0 Å². The van der Waals surface area contributed by atoms with Crippen LogP contribution in [0.25, 0.3) is 0 Å². The van der Waals surface area contributed by atoms with Crippen molar-refractivity contribution < 1.29 is 34.8 Å². The zero-order chi connectivity index (χ0) is 30.1. The van der Waals surface area contributed by atoms with Crippen molar-refractivity contribution in [2.45, 2.75) is 30.0 Å². The third kappa shape index (κ3) is 4.05. The highest BCUT2D eigenvalue weighted by atomic mass is 16.3. The van der Waals surface area contributed by atoms with Crippen LogP contribution in [-0.2, 0) is 16.0 Å². The number of ketones is 2. The van der Waals surface area contributed by atoms with Crippen molar-refractivity contribution in [3.63, 3.8) is 0 Å². The van der Waals surface area contributed by atoms with Crippen LogP contribution >= 0.6 is 0 Å². The first-order valence-corrected chi connectivity index (χ1v) is 12.6. The molecule has 0 saturated heterocycles. The van der Waals surface area contributed by atoms with Gasteiger partial charge < -0.3 is 36.8 Å². The summed E-state index contributed by atoms with van der Waals surface area (Å²) in [7, 11) is 10.3. The second kappa shape index (κ2) is 9.64. The molecule has 3 aliphatic rings. The number of amides is 1. The van der Waals surface area contributed by atoms with Crippen molar-refractivity contribution in [2.75, 3.05) is 53.7 Å². The highest BCUT2D eigenvalue weighted by Gasteiger charge is 2.66. The smallest absolute Gasteiger partial charge is 0.255 e. The third-order valence-electron chi connectivity index (χ3n) is 7.94. The first-order chi connectivity index (χ1) is 18.5. The van der Waals surface area contributed by atoms with E-state index in [-0.39, 0.29) is 24.0 Å². The molecule has 1 aromatic rings. The van der Waals surface area contributed by atoms with E-state index in [0.29, 0.717) is 17.8 Å². The summed E-state index contributed by atoms with van der Waals surface area (Å²) >= 11 is 0. The minimum absolute atomic E-state index is 0.0476. The predicted molar refractivity (Wildman–Crippen MR) is 147 cm³/mol. The highest BCUT2D eigenvalue weighted by molar-refractivity contribution is 6.25. The number of primary amides is 1. The fourth-order valence-electron chi connectivity index (χ4n) is 6.19. The van der Waals surface area contributed by atoms with E-state index in [0.717, 1.165) is 0 Å². The number of fused-ring (bicyclic) bond motifs is 3. The molecule has 0 bridgehead atoms. The van der Waals surface area contributed by atoms with Gasteiger partial charge in [-0.1, -0.05) is 11.8 Å². The lowest BCUT2D eigenvalue weighted by molar-refractivity contribution is -0.148. The van der Waals surface area contributed by atoms with Crippen LogP contribution in [0.4, 0.5) is 5.69 Å². The van der Waals surface area contributed by atoms with Crippen molar-refractivity contribution >= 4 is 23.2 Å². The molecular formula is C28H35N5O7. The Morgan fingerprint density at radius 1 is 1.12 bits per heavy atom. The Balaban J connectivity index is 2.01. The lowest BCUT2D eigenvalue weighted by atomic mass is 9.56. The van der Waals surface area contributed by atoms with Crippen LogP contribution in [0.1, 0.15) is 27.9 Å². The zero-order valence-electron chi connectivity index (χ0n) is 23.4. The van der Waals surface area contributed by atoms with Gasteiger partial charge in [0.2, 0.25) is 5.78 Å². The number of likely N-dealkylation sites (N-methyl/N-ethyl adjacent to an activating group) is 1. The minimum Gasteiger partial charge on any atom is -0.510 e. The van der Waals surface area contributed by atoms with E-state index in [4.69, 9.17) is 11.5 Å². The number of aliphatic hydroxyl groups is 3. The summed E-state index contributed by atoms with van der Waals surface area (Å²) in [5.41, 5.74) is 7.54. The number of phenols is 1. The average molecular weight is 554 g/mol. The first-order valence-electron chi connectivity index (χ1n) is 12.6. The number of rotatable bonds is 4. The molecule has 0 unspecified atom stereocenters. The summed E-state index contributed by atoms with van der Waals surface area (Å²) in [5, 5.41) is 45.4. The standard InChI is InChI=1S/C28H35N5O7/c1-31(2)9-7-8-13-10-16(32(3)4)14-11-27(30)12-15-20(33(5)6)23(36)18(26(29)39)24(37)28(15,40)25(38)19(27)22(35)17(14)21(13)34/h10,15,20,34,36,38,40H,9,11-12,30H2,1-6H3,(H2,29,39)/t15-,20-,27+,28+/m0/s1. The molecule has 8 N–H and O–H groups in total. The fourth-order valence-corrected chi connectivity index (χ4v) is 6.19. The normalized spacial score (nSPS) is 27.8. The number of phenolic OH excluding ortho intramolecular Hbond substituents is 1. The van der Waals surface area contributed by atoms with Gasteiger partial charge in [0.05, 0.1) is 34.8 Å². The van der Waals surface area contributed by atoms with Crippen LogP contribution in [0.5, 0.6) is 5.75 Å². The Morgan fingerprint density at radius 3 is 2.27 bits per heavy atom. The number of nitrogens with zero attached hydrogens (tertiary/aromatic N) is 3. The largest absolute Gasteiger partial charge is 0.510 e. The van der Waals surface area contributed by atoms with Crippen molar-refractivity contribution in [1.29, 1.82) is 0 Å². The molecule has 0 fully saturated rings. The Hall–Kier alpha value is -3.89. The average Bonchev–Trinajstić information content (AvgIpc) is 2.81. The number of benzene rings is 1. The van der Waals surface area contributed by atoms with Crippen LogP contribution < -0.4 is 16.4 Å². The quantitative estimate of drug-likeness (QED) is 0.201. The number of aliphatic hydroxyl groups excluding tert-OH is 2. The van der Waals surface area contributed by atoms with E-state index in [9.17, 15) is 34.8 Å². The van der Waals surface area contributed by atoms with Gasteiger partial charge in [0, 0.05) is 25.7 Å². The van der Waals surface area contributed by atoms with Gasteiger partial charge in [0.1, 0.15) is 22.8 Å². The molecule has 40 heavy (non-hydrogen) atoms. The Labute approximate surface area is 232 Å². The molecule has 4 atom stereocenters. The van der Waals surface area contributed by atoms with Crippen LogP contribution in [0.2, 0.25) is 0 Å². The van der Waals surface area contributed by atoms with E-state index in [2.05, 4.69) is 11.8 Å². The van der Waals surface area contributed by atoms with Crippen LogP contribution in [0.15, 0.2) is 28.7 Å². The van der Waals surface area contributed by atoms with Crippen molar-refractivity contribution in [1.82, 2.24) is 9.80 Å². The molecule has 0 aromatic heterocycles. The maximum atomic E-state index is 14.1. The molecule has 3 aliphatic carbocycles. The number of nitrogens with two attached hydrogens (primary N) is 2. The molecule has 12 nitrogen and oxygen atoms in total. The molecule has 0 aliphatic heterocycles. The SMILES string of the molecule is CN(C)CC#Cc1cc(N(C)C)c2c(c1O)C(=O)C1=C(O)[C@]3(O)C(=O)C(C(N)=O)=C(O)[C@@H](N(C)C)[C@@H]3C[C@]1(N)C2. The second-order valence-corrected chi connectivity index (χ2v) is 11.4. The van der Waals surface area contributed by atoms with Crippen LogP contribution in [0.3, 0.4) is 0 Å². The van der Waals surface area contributed by atoms with Crippen molar-refractivity contribution in [3.05, 3.63) is 45.4 Å². The fraction of sp³-hybridized carbons (Fsp3) is 0.464. The number of aromatic hydroxyl groups is 1. The predicted octanol–water partition coefficient (Wildman–Crippen LogP) is -0.819. The number of hydrogen-bond acceptors (Lipinski definition) is 11. The summed E-state index contributed by atoms with van der Waals surface area (Å²) in [5.74, 6) is -1.02. The molecule has 0 spiro atoms. The minimum atomic E-state index is -2.78. The summed E-state index contributed by atoms with van der Waals surface area (Å²) in [6.07, 6.45) is -0.273. The maximum Gasteiger partial charge on any atom is 0.255 e. The molecule has 0 radical (unpaired) electrons. The number of Topliss-reactive ketones (excluding diaryl/α,β-unsaturated/α-hetero) is 2. The first kappa shape index (κ1) is 29.1.